The normalized spacial score (nSPS) is 14.9. The maximum absolute atomic E-state index is 12.3. The highest BCUT2D eigenvalue weighted by Gasteiger charge is 2.29. The van der Waals surface area contributed by atoms with Crippen LogP contribution in [0, 0.1) is 0 Å². The number of hydrogen-bond acceptors (Lipinski definition) is 8. The predicted molar refractivity (Wildman–Crippen MR) is 126 cm³/mol. The topological polar surface area (TPSA) is 100 Å². The van der Waals surface area contributed by atoms with Gasteiger partial charge in [-0.05, 0) is 26.1 Å². The molecule has 0 unspecified atom stereocenters. The van der Waals surface area contributed by atoms with Crippen LogP contribution in [-0.4, -0.2) is 80.3 Å². The molecule has 0 radical (unpaired) electrons. The molecule has 0 bridgehead atoms. The van der Waals surface area contributed by atoms with Gasteiger partial charge in [0.15, 0.2) is 11.0 Å². The van der Waals surface area contributed by atoms with E-state index in [0.29, 0.717) is 11.7 Å². The molecule has 3 rings (SSSR count). The van der Waals surface area contributed by atoms with Crippen molar-refractivity contribution < 1.29 is 14.4 Å². The fraction of sp³-hybridized carbons (Fsp3) is 0.476. The van der Waals surface area contributed by atoms with Gasteiger partial charge in [0.25, 0.3) is 5.24 Å². The summed E-state index contributed by atoms with van der Waals surface area (Å²) in [4.78, 5) is 38.9. The number of carbonyl (C=O) groups is 3. The van der Waals surface area contributed by atoms with Crippen LogP contribution in [0.15, 0.2) is 35.5 Å². The first-order chi connectivity index (χ1) is 15.4. The molecule has 1 aliphatic rings. The van der Waals surface area contributed by atoms with Crippen LogP contribution >= 0.6 is 23.5 Å². The zero-order valence-corrected chi connectivity index (χ0v) is 20.1. The van der Waals surface area contributed by atoms with Crippen LogP contribution in [0.4, 0.5) is 4.79 Å². The molecule has 3 amide bonds. The van der Waals surface area contributed by atoms with Crippen molar-refractivity contribution in [2.24, 2.45) is 0 Å². The molecule has 2 heterocycles. The van der Waals surface area contributed by atoms with Crippen LogP contribution in [0.25, 0.3) is 0 Å². The summed E-state index contributed by atoms with van der Waals surface area (Å²) < 4.78 is 2.07. The molecule has 32 heavy (non-hydrogen) atoms. The number of amides is 3. The summed E-state index contributed by atoms with van der Waals surface area (Å²) in [5.41, 5.74) is 1.13. The number of imide groups is 1. The molecule has 2 aromatic rings. The third kappa shape index (κ3) is 6.11. The Morgan fingerprint density at radius 2 is 2.00 bits per heavy atom. The molecule has 0 aliphatic carbocycles. The lowest BCUT2D eigenvalue weighted by atomic mass is 10.2. The first-order valence-electron chi connectivity index (χ1n) is 10.4. The number of hydrogen-bond donors (Lipinski definition) is 1. The number of rotatable bonds is 11. The summed E-state index contributed by atoms with van der Waals surface area (Å²) in [5, 5.41) is 12.0. The molecule has 9 nitrogen and oxygen atoms in total. The molecule has 0 spiro atoms. The van der Waals surface area contributed by atoms with E-state index in [0.717, 1.165) is 29.6 Å². The summed E-state index contributed by atoms with van der Waals surface area (Å²) in [6.07, 6.45) is 0.886. The van der Waals surface area contributed by atoms with Gasteiger partial charge in [-0.2, -0.15) is 0 Å². The van der Waals surface area contributed by atoms with E-state index >= 15 is 0 Å². The fourth-order valence-electron chi connectivity index (χ4n) is 3.43. The highest BCUT2D eigenvalue weighted by molar-refractivity contribution is 8.14. The lowest BCUT2D eigenvalue weighted by molar-refractivity contribution is -0.125. The molecule has 1 N–H and O–H groups in total. The summed E-state index contributed by atoms with van der Waals surface area (Å²) in [6, 6.07) is 10.2. The number of nitrogens with zero attached hydrogens (tertiary/aromatic N) is 5. The molecule has 172 valence electrons. The third-order valence-corrected chi connectivity index (χ3v) is 6.89. The molecule has 0 saturated carbocycles. The molecular weight excluding hydrogens is 448 g/mol. The zero-order chi connectivity index (χ0) is 23.1. The van der Waals surface area contributed by atoms with Gasteiger partial charge in [0.05, 0.1) is 24.1 Å². The van der Waals surface area contributed by atoms with Gasteiger partial charge in [-0.1, -0.05) is 60.8 Å². The van der Waals surface area contributed by atoms with E-state index in [4.69, 9.17) is 0 Å². The maximum Gasteiger partial charge on any atom is 0.288 e. The van der Waals surface area contributed by atoms with E-state index in [1.807, 2.05) is 32.3 Å². The largest absolute Gasteiger partial charge is 0.354 e. The van der Waals surface area contributed by atoms with Crippen molar-refractivity contribution in [3.63, 3.8) is 0 Å². The van der Waals surface area contributed by atoms with Crippen molar-refractivity contribution in [2.45, 2.75) is 31.1 Å². The van der Waals surface area contributed by atoms with E-state index in [1.54, 1.807) is 0 Å². The van der Waals surface area contributed by atoms with Crippen molar-refractivity contribution in [1.82, 2.24) is 29.9 Å². The van der Waals surface area contributed by atoms with E-state index in [9.17, 15) is 14.4 Å². The minimum absolute atomic E-state index is 0.114. The smallest absolute Gasteiger partial charge is 0.288 e. The minimum atomic E-state index is -0.258. The summed E-state index contributed by atoms with van der Waals surface area (Å²) in [5.74, 6) is 0.817. The molecule has 1 atom stereocenters. The van der Waals surface area contributed by atoms with Gasteiger partial charge in [0, 0.05) is 13.1 Å². The first-order valence-corrected chi connectivity index (χ1v) is 12.4. The Balaban J connectivity index is 1.63. The van der Waals surface area contributed by atoms with Gasteiger partial charge in [-0.15, -0.1) is 10.2 Å². The standard InChI is InChI=1S/C21H28N6O3S2/c1-4-16(25(2)3)19-23-24-20(27(19)12-15-8-6-5-7-9-15)31-13-17(28)22-10-11-26-18(29)14-32-21(26)30/h5-9,16H,4,10-14H2,1-3H3,(H,22,28)/t16-/m1/s1. The van der Waals surface area contributed by atoms with Crippen LogP contribution in [0.1, 0.15) is 30.8 Å². The Morgan fingerprint density at radius 3 is 2.62 bits per heavy atom. The lowest BCUT2D eigenvalue weighted by Crippen LogP contribution is -2.38. The van der Waals surface area contributed by atoms with Crippen molar-refractivity contribution in [3.05, 3.63) is 41.7 Å². The van der Waals surface area contributed by atoms with Crippen molar-refractivity contribution >= 4 is 40.6 Å². The lowest BCUT2D eigenvalue weighted by Gasteiger charge is -2.23. The van der Waals surface area contributed by atoms with Gasteiger partial charge >= 0.3 is 0 Å². The number of aromatic nitrogens is 3. The fourth-order valence-corrected chi connectivity index (χ4v) is 4.96. The molecule has 1 aromatic carbocycles. The van der Waals surface area contributed by atoms with Crippen LogP contribution < -0.4 is 5.32 Å². The van der Waals surface area contributed by atoms with Crippen LogP contribution in [-0.2, 0) is 16.1 Å². The van der Waals surface area contributed by atoms with Gasteiger partial charge in [-0.25, -0.2) is 0 Å². The molecule has 1 aliphatic heterocycles. The van der Waals surface area contributed by atoms with Gasteiger partial charge in [0.2, 0.25) is 11.8 Å². The number of carbonyl (C=O) groups excluding carboxylic acids is 3. The van der Waals surface area contributed by atoms with Crippen LogP contribution in [0.2, 0.25) is 0 Å². The highest BCUT2D eigenvalue weighted by atomic mass is 32.2. The molecule has 11 heteroatoms. The average Bonchev–Trinajstić information content (AvgIpc) is 3.31. The number of thioether (sulfide) groups is 2. The Hall–Kier alpha value is -2.37. The van der Waals surface area contributed by atoms with Crippen molar-refractivity contribution in [3.8, 4) is 0 Å². The highest BCUT2D eigenvalue weighted by Crippen LogP contribution is 2.26. The van der Waals surface area contributed by atoms with Crippen LogP contribution in [0.5, 0.6) is 0 Å². The average molecular weight is 477 g/mol. The third-order valence-electron chi connectivity index (χ3n) is 5.07. The molecular formula is C21H28N6O3S2. The number of nitrogens with one attached hydrogen (secondary N) is 1. The second-order valence-electron chi connectivity index (χ2n) is 7.54. The Labute approximate surface area is 196 Å². The second kappa shape index (κ2) is 11.5. The summed E-state index contributed by atoms with van der Waals surface area (Å²) >= 11 is 2.32. The number of benzene rings is 1. The first kappa shape index (κ1) is 24.3. The SMILES string of the molecule is CC[C@H](c1nnc(SCC(=O)NCCN2C(=O)CSC2=O)n1Cc1ccccc1)N(C)C. The second-order valence-corrected chi connectivity index (χ2v) is 9.41. The Morgan fingerprint density at radius 1 is 1.25 bits per heavy atom. The molecule has 1 fully saturated rings. The van der Waals surface area contributed by atoms with Gasteiger partial charge < -0.3 is 9.88 Å². The van der Waals surface area contributed by atoms with E-state index in [2.05, 4.69) is 44.0 Å². The maximum atomic E-state index is 12.3. The molecule has 1 aromatic heterocycles. The van der Waals surface area contributed by atoms with Crippen LogP contribution in [0.3, 0.4) is 0 Å². The quantitative estimate of drug-likeness (QED) is 0.493. The predicted octanol–water partition coefficient (Wildman–Crippen LogP) is 2.24. The minimum Gasteiger partial charge on any atom is -0.354 e. The van der Waals surface area contributed by atoms with E-state index < -0.39 is 0 Å². The van der Waals surface area contributed by atoms with E-state index in [-0.39, 0.29) is 47.7 Å². The van der Waals surface area contributed by atoms with E-state index in [1.165, 1.54) is 16.7 Å². The van der Waals surface area contributed by atoms with Gasteiger partial charge in [-0.3, -0.25) is 24.2 Å². The van der Waals surface area contributed by atoms with Gasteiger partial charge in [0.1, 0.15) is 0 Å². The Bertz CT molecular complexity index is 934. The Kier molecular flexibility index (Phi) is 8.71. The summed E-state index contributed by atoms with van der Waals surface area (Å²) in [6.45, 7) is 3.16. The van der Waals surface area contributed by atoms with Crippen molar-refractivity contribution in [1.29, 1.82) is 0 Å². The summed E-state index contributed by atoms with van der Waals surface area (Å²) in [7, 11) is 4.04. The molecule has 1 saturated heterocycles. The zero-order valence-electron chi connectivity index (χ0n) is 18.5. The van der Waals surface area contributed by atoms with Crippen molar-refractivity contribution in [2.75, 3.05) is 38.7 Å². The monoisotopic (exact) mass is 476 g/mol.